The lowest BCUT2D eigenvalue weighted by atomic mass is 9.98. The van der Waals surface area contributed by atoms with Crippen molar-refractivity contribution in [2.45, 2.75) is 25.6 Å². The van der Waals surface area contributed by atoms with Crippen LogP contribution >= 0.6 is 11.6 Å². The minimum Gasteiger partial charge on any atom is -0.508 e. The van der Waals surface area contributed by atoms with Crippen LogP contribution in [0.4, 0.5) is 0 Å². The molecule has 1 fully saturated rings. The number of nitrogens with zero attached hydrogens (tertiary/aromatic N) is 1. The third-order valence-corrected chi connectivity index (χ3v) is 4.18. The quantitative estimate of drug-likeness (QED) is 0.795. The number of hydrogen-bond donors (Lipinski definition) is 1. The molecule has 2 rings (SSSR count). The summed E-state index contributed by atoms with van der Waals surface area (Å²) < 4.78 is 0. The van der Waals surface area contributed by atoms with E-state index in [4.69, 9.17) is 11.6 Å². The second kappa shape index (κ2) is 5.19. The Morgan fingerprint density at radius 2 is 2.22 bits per heavy atom. The van der Waals surface area contributed by atoms with Crippen molar-refractivity contribution in [3.63, 3.8) is 0 Å². The first kappa shape index (κ1) is 13.2. The molecular weight excluding hydrogens is 250 g/mol. The fraction of sp³-hybridized carbons (Fsp3) is 0.500. The van der Waals surface area contributed by atoms with Crippen LogP contribution < -0.4 is 0 Å². The van der Waals surface area contributed by atoms with Crippen molar-refractivity contribution >= 4 is 17.5 Å². The van der Waals surface area contributed by atoms with Gasteiger partial charge in [-0.2, -0.15) is 0 Å². The number of likely N-dealkylation sites (tertiary alicyclic amines) is 1. The zero-order valence-electron chi connectivity index (χ0n) is 10.7. The Bertz CT molecular complexity index is 461. The minimum absolute atomic E-state index is 0.0155. The molecule has 0 radical (unpaired) electrons. The number of aryl methyl sites for hydroxylation is 1. The molecule has 1 aromatic carbocycles. The monoisotopic (exact) mass is 267 g/mol. The Kier molecular flexibility index (Phi) is 3.81. The average molecular weight is 268 g/mol. The van der Waals surface area contributed by atoms with E-state index in [1.807, 2.05) is 0 Å². The van der Waals surface area contributed by atoms with Gasteiger partial charge in [-0.1, -0.05) is 13.0 Å². The molecule has 3 nitrogen and oxygen atoms in total. The molecule has 1 saturated heterocycles. The van der Waals surface area contributed by atoms with Gasteiger partial charge < -0.3 is 10.0 Å². The summed E-state index contributed by atoms with van der Waals surface area (Å²) in [6.07, 6.45) is 0.928. The van der Waals surface area contributed by atoms with Crippen molar-refractivity contribution in [2.24, 2.45) is 5.92 Å². The number of hydrogen-bond acceptors (Lipinski definition) is 2. The van der Waals surface area contributed by atoms with E-state index in [2.05, 4.69) is 6.92 Å². The van der Waals surface area contributed by atoms with Gasteiger partial charge in [-0.05, 0) is 37.0 Å². The summed E-state index contributed by atoms with van der Waals surface area (Å²) in [5.41, 5.74) is 1.30. The average Bonchev–Trinajstić information content (AvgIpc) is 2.35. The van der Waals surface area contributed by atoms with Gasteiger partial charge >= 0.3 is 0 Å². The summed E-state index contributed by atoms with van der Waals surface area (Å²) in [6.45, 7) is 5.23. The molecule has 1 amide bonds. The number of amides is 1. The van der Waals surface area contributed by atoms with E-state index in [9.17, 15) is 9.90 Å². The highest BCUT2D eigenvalue weighted by Crippen LogP contribution is 2.24. The van der Waals surface area contributed by atoms with Crippen molar-refractivity contribution in [3.05, 3.63) is 29.3 Å². The zero-order chi connectivity index (χ0) is 13.3. The number of aromatic hydroxyl groups is 1. The van der Waals surface area contributed by atoms with Crippen LogP contribution in [0.3, 0.4) is 0 Å². The highest BCUT2D eigenvalue weighted by atomic mass is 35.5. The summed E-state index contributed by atoms with van der Waals surface area (Å²) in [5, 5.41) is 9.66. The molecule has 0 bridgehead atoms. The summed E-state index contributed by atoms with van der Waals surface area (Å²) in [4.78, 5) is 14.0. The molecule has 1 aromatic rings. The van der Waals surface area contributed by atoms with Gasteiger partial charge in [0.15, 0.2) is 0 Å². The highest BCUT2D eigenvalue weighted by Gasteiger charge is 2.28. The van der Waals surface area contributed by atoms with Crippen molar-refractivity contribution in [3.8, 4) is 5.75 Å². The van der Waals surface area contributed by atoms with E-state index in [1.165, 1.54) is 6.07 Å². The molecule has 1 N–H and O–H groups in total. The van der Waals surface area contributed by atoms with Gasteiger partial charge in [-0.25, -0.2) is 0 Å². The van der Waals surface area contributed by atoms with E-state index in [0.717, 1.165) is 18.5 Å². The number of phenols is 1. The fourth-order valence-electron chi connectivity index (χ4n) is 2.13. The molecule has 98 valence electrons. The van der Waals surface area contributed by atoms with Gasteiger partial charge in [0, 0.05) is 18.7 Å². The Hall–Kier alpha value is -1.22. The van der Waals surface area contributed by atoms with Crippen molar-refractivity contribution < 1.29 is 9.90 Å². The largest absolute Gasteiger partial charge is 0.508 e. The standard InChI is InChI=1S/C14H18ClNO2/c1-9-5-6-16(8-12(9)15)14(18)11-4-3-10(2)13(17)7-11/h3-4,7,9,12,17H,5-6,8H2,1-2H3. The van der Waals surface area contributed by atoms with Crippen LogP contribution in [-0.4, -0.2) is 34.4 Å². The highest BCUT2D eigenvalue weighted by molar-refractivity contribution is 6.21. The number of carbonyl (C=O) groups excluding carboxylic acids is 1. The molecule has 0 aromatic heterocycles. The Labute approximate surface area is 112 Å². The number of benzene rings is 1. The van der Waals surface area contributed by atoms with E-state index in [-0.39, 0.29) is 17.0 Å². The van der Waals surface area contributed by atoms with Gasteiger partial charge in [0.25, 0.3) is 5.91 Å². The fourth-order valence-corrected chi connectivity index (χ4v) is 2.42. The van der Waals surface area contributed by atoms with Gasteiger partial charge in [0.2, 0.25) is 0 Å². The maximum absolute atomic E-state index is 12.3. The molecule has 2 unspecified atom stereocenters. The smallest absolute Gasteiger partial charge is 0.254 e. The predicted octanol–water partition coefficient (Wildman–Crippen LogP) is 2.79. The molecule has 18 heavy (non-hydrogen) atoms. The minimum atomic E-state index is -0.0529. The molecule has 0 saturated carbocycles. The lowest BCUT2D eigenvalue weighted by Gasteiger charge is -2.34. The SMILES string of the molecule is Cc1ccc(C(=O)N2CCC(C)C(Cl)C2)cc1O. The molecular formula is C14H18ClNO2. The van der Waals surface area contributed by atoms with Crippen molar-refractivity contribution in [1.82, 2.24) is 4.90 Å². The molecule has 0 aliphatic carbocycles. The van der Waals surface area contributed by atoms with E-state index < -0.39 is 0 Å². The normalized spacial score (nSPS) is 24.1. The Morgan fingerprint density at radius 1 is 1.50 bits per heavy atom. The predicted molar refractivity (Wildman–Crippen MR) is 72.2 cm³/mol. The molecule has 1 heterocycles. The molecule has 1 aliphatic heterocycles. The number of carbonyl (C=O) groups is 1. The third kappa shape index (κ3) is 2.61. The number of phenolic OH excluding ortho intramolecular Hbond substituents is 1. The Morgan fingerprint density at radius 3 is 2.83 bits per heavy atom. The number of halogens is 1. The maximum atomic E-state index is 12.3. The first-order valence-electron chi connectivity index (χ1n) is 6.22. The van der Waals surface area contributed by atoms with Crippen LogP contribution in [0.5, 0.6) is 5.75 Å². The molecule has 4 heteroatoms. The Balaban J connectivity index is 2.14. The zero-order valence-corrected chi connectivity index (χ0v) is 11.4. The van der Waals surface area contributed by atoms with Crippen molar-refractivity contribution in [1.29, 1.82) is 0 Å². The van der Waals surface area contributed by atoms with E-state index >= 15 is 0 Å². The second-order valence-corrected chi connectivity index (χ2v) is 5.59. The topological polar surface area (TPSA) is 40.5 Å². The van der Waals surface area contributed by atoms with Gasteiger partial charge in [0.1, 0.15) is 5.75 Å². The summed E-state index contributed by atoms with van der Waals surface area (Å²) in [5.74, 6) is 0.554. The first-order valence-corrected chi connectivity index (χ1v) is 6.65. The van der Waals surface area contributed by atoms with Crippen LogP contribution in [0, 0.1) is 12.8 Å². The van der Waals surface area contributed by atoms with Crippen LogP contribution in [-0.2, 0) is 0 Å². The van der Waals surface area contributed by atoms with Crippen LogP contribution in [0.1, 0.15) is 29.3 Å². The van der Waals surface area contributed by atoms with Crippen LogP contribution in [0.2, 0.25) is 0 Å². The van der Waals surface area contributed by atoms with Gasteiger partial charge in [-0.3, -0.25) is 4.79 Å². The van der Waals surface area contributed by atoms with Gasteiger partial charge in [-0.15, -0.1) is 11.6 Å². The van der Waals surface area contributed by atoms with Crippen LogP contribution in [0.15, 0.2) is 18.2 Å². The summed E-state index contributed by atoms with van der Waals surface area (Å²) >= 11 is 6.21. The van der Waals surface area contributed by atoms with E-state index in [0.29, 0.717) is 18.0 Å². The van der Waals surface area contributed by atoms with Crippen molar-refractivity contribution in [2.75, 3.05) is 13.1 Å². The number of alkyl halides is 1. The number of piperidine rings is 1. The second-order valence-electron chi connectivity index (χ2n) is 5.03. The summed E-state index contributed by atoms with van der Waals surface area (Å²) in [6, 6.07) is 5.03. The molecule has 1 aliphatic rings. The lowest BCUT2D eigenvalue weighted by molar-refractivity contribution is 0.0701. The maximum Gasteiger partial charge on any atom is 0.254 e. The first-order chi connectivity index (χ1) is 8.49. The number of rotatable bonds is 1. The molecule has 2 atom stereocenters. The van der Waals surface area contributed by atoms with Crippen LogP contribution in [0.25, 0.3) is 0 Å². The van der Waals surface area contributed by atoms with Gasteiger partial charge in [0.05, 0.1) is 5.38 Å². The summed E-state index contributed by atoms with van der Waals surface area (Å²) in [7, 11) is 0. The third-order valence-electron chi connectivity index (χ3n) is 3.61. The van der Waals surface area contributed by atoms with E-state index in [1.54, 1.807) is 24.0 Å². The molecule has 0 spiro atoms. The lowest BCUT2D eigenvalue weighted by Crippen LogP contribution is -2.43.